The third-order valence-corrected chi connectivity index (χ3v) is 4.61. The molecule has 0 saturated heterocycles. The van der Waals surface area contributed by atoms with E-state index in [0.717, 1.165) is 16.4 Å². The van der Waals surface area contributed by atoms with Gasteiger partial charge in [-0.1, -0.05) is 32.0 Å². The fourth-order valence-corrected chi connectivity index (χ4v) is 3.21. The molecule has 2 aromatic rings. The van der Waals surface area contributed by atoms with Crippen LogP contribution in [-0.2, 0) is 0 Å². The lowest BCUT2D eigenvalue weighted by atomic mass is 10.0. The second-order valence-corrected chi connectivity index (χ2v) is 6.35. The van der Waals surface area contributed by atoms with Gasteiger partial charge in [0.1, 0.15) is 11.6 Å². The highest BCUT2D eigenvalue weighted by Gasteiger charge is 2.16. The molecular weight excluding hydrogens is 339 g/mol. The standard InChI is InChI=1S/C18H15FO3S.C2H6/c19-14-3-1-2-12(10-14)15(20)5-6-16(21)13-4-7-18-17(11-13)22-8-9-23-18;1-2/h1-4,7,10-11H,5-6,8-9H2;1-2H3. The Morgan fingerprint density at radius 2 is 1.72 bits per heavy atom. The van der Waals surface area contributed by atoms with Gasteiger partial charge in [-0.05, 0) is 24.3 Å². The summed E-state index contributed by atoms with van der Waals surface area (Å²) in [4.78, 5) is 25.3. The van der Waals surface area contributed by atoms with Crippen LogP contribution < -0.4 is 4.74 Å². The Hall–Kier alpha value is -2.14. The fourth-order valence-electron chi connectivity index (χ4n) is 2.39. The van der Waals surface area contributed by atoms with E-state index in [-0.39, 0.29) is 24.4 Å². The predicted molar refractivity (Wildman–Crippen MR) is 98.3 cm³/mol. The third-order valence-electron chi connectivity index (χ3n) is 3.59. The molecule has 132 valence electrons. The maximum absolute atomic E-state index is 13.1. The molecule has 0 aliphatic carbocycles. The number of carbonyl (C=O) groups excluding carboxylic acids is 2. The molecule has 3 rings (SSSR count). The maximum atomic E-state index is 13.1. The Kier molecular flexibility index (Phi) is 7.19. The Bertz CT molecular complexity index is 758. The van der Waals surface area contributed by atoms with E-state index in [2.05, 4.69) is 0 Å². The Balaban J connectivity index is 0.00000109. The minimum Gasteiger partial charge on any atom is -0.492 e. The number of ketones is 2. The predicted octanol–water partition coefficient (Wildman–Crippen LogP) is 5.18. The van der Waals surface area contributed by atoms with E-state index in [0.29, 0.717) is 17.7 Å². The molecule has 25 heavy (non-hydrogen) atoms. The van der Waals surface area contributed by atoms with Gasteiger partial charge in [-0.3, -0.25) is 9.59 Å². The zero-order valence-electron chi connectivity index (χ0n) is 14.4. The van der Waals surface area contributed by atoms with E-state index in [4.69, 9.17) is 4.74 Å². The van der Waals surface area contributed by atoms with Crippen LogP contribution in [0.2, 0.25) is 0 Å². The lowest BCUT2D eigenvalue weighted by Gasteiger charge is -2.17. The third kappa shape index (κ3) is 5.16. The number of Topliss-reactive ketones (excluding diaryl/α,β-unsaturated/α-hetero) is 2. The van der Waals surface area contributed by atoms with Gasteiger partial charge < -0.3 is 4.74 Å². The molecule has 3 nitrogen and oxygen atoms in total. The minimum atomic E-state index is -0.452. The van der Waals surface area contributed by atoms with Gasteiger partial charge in [-0.2, -0.15) is 0 Å². The number of rotatable bonds is 5. The molecule has 2 aromatic carbocycles. The molecule has 5 heteroatoms. The van der Waals surface area contributed by atoms with Gasteiger partial charge in [0.25, 0.3) is 0 Å². The number of carbonyl (C=O) groups is 2. The van der Waals surface area contributed by atoms with Gasteiger partial charge in [-0.15, -0.1) is 11.8 Å². The van der Waals surface area contributed by atoms with Gasteiger partial charge >= 0.3 is 0 Å². The molecule has 0 spiro atoms. The van der Waals surface area contributed by atoms with E-state index in [9.17, 15) is 14.0 Å². The number of benzene rings is 2. The summed E-state index contributed by atoms with van der Waals surface area (Å²) in [5.74, 6) is 0.831. The first kappa shape index (κ1) is 19.2. The van der Waals surface area contributed by atoms with Crippen molar-refractivity contribution in [3.63, 3.8) is 0 Å². The molecule has 1 aliphatic heterocycles. The number of hydrogen-bond acceptors (Lipinski definition) is 4. The molecule has 0 aromatic heterocycles. The summed E-state index contributed by atoms with van der Waals surface area (Å²) in [5.41, 5.74) is 0.835. The quantitative estimate of drug-likeness (QED) is 0.689. The van der Waals surface area contributed by atoms with Gasteiger partial charge in [0.15, 0.2) is 11.6 Å². The van der Waals surface area contributed by atoms with Gasteiger partial charge in [-0.25, -0.2) is 4.39 Å². The summed E-state index contributed by atoms with van der Waals surface area (Å²) in [5, 5.41) is 0. The van der Waals surface area contributed by atoms with Crippen molar-refractivity contribution in [1.82, 2.24) is 0 Å². The average molecular weight is 360 g/mol. The van der Waals surface area contributed by atoms with E-state index in [1.807, 2.05) is 19.9 Å². The zero-order chi connectivity index (χ0) is 18.2. The highest BCUT2D eigenvalue weighted by Crippen LogP contribution is 2.34. The number of fused-ring (bicyclic) bond motifs is 1. The van der Waals surface area contributed by atoms with Crippen molar-refractivity contribution >= 4 is 23.3 Å². The highest BCUT2D eigenvalue weighted by molar-refractivity contribution is 7.99. The summed E-state index contributed by atoms with van der Waals surface area (Å²) in [6.45, 7) is 4.63. The number of thioether (sulfide) groups is 1. The summed E-state index contributed by atoms with van der Waals surface area (Å²) >= 11 is 1.70. The Labute approximate surface area is 151 Å². The molecule has 0 radical (unpaired) electrons. The summed E-state index contributed by atoms with van der Waals surface area (Å²) in [6, 6.07) is 10.9. The molecule has 0 N–H and O–H groups in total. The average Bonchev–Trinajstić information content (AvgIpc) is 2.67. The normalized spacial score (nSPS) is 12.3. The second kappa shape index (κ2) is 9.37. The molecule has 0 fully saturated rings. The van der Waals surface area contributed by atoms with Crippen molar-refractivity contribution in [3.8, 4) is 5.75 Å². The summed E-state index contributed by atoms with van der Waals surface area (Å²) in [6.07, 6.45) is 0.163. The van der Waals surface area contributed by atoms with E-state index < -0.39 is 5.82 Å². The van der Waals surface area contributed by atoms with Crippen LogP contribution in [0.4, 0.5) is 4.39 Å². The Morgan fingerprint density at radius 1 is 1.04 bits per heavy atom. The summed E-state index contributed by atoms with van der Waals surface area (Å²) in [7, 11) is 0. The summed E-state index contributed by atoms with van der Waals surface area (Å²) < 4.78 is 18.7. The fraction of sp³-hybridized carbons (Fsp3) is 0.300. The van der Waals surface area contributed by atoms with Crippen molar-refractivity contribution in [2.75, 3.05) is 12.4 Å². The molecule has 0 amide bonds. The SMILES string of the molecule is CC.O=C(CCC(=O)c1ccc2c(c1)OCCS2)c1cccc(F)c1. The largest absolute Gasteiger partial charge is 0.492 e. The maximum Gasteiger partial charge on any atom is 0.163 e. The van der Waals surface area contributed by atoms with Crippen LogP contribution in [0.5, 0.6) is 5.75 Å². The minimum absolute atomic E-state index is 0.0645. The van der Waals surface area contributed by atoms with Crippen LogP contribution in [-0.4, -0.2) is 23.9 Å². The molecule has 1 heterocycles. The van der Waals surface area contributed by atoms with Crippen LogP contribution >= 0.6 is 11.8 Å². The molecule has 0 bridgehead atoms. The Morgan fingerprint density at radius 3 is 2.40 bits per heavy atom. The van der Waals surface area contributed by atoms with Crippen LogP contribution in [0.3, 0.4) is 0 Å². The van der Waals surface area contributed by atoms with Crippen molar-refractivity contribution in [1.29, 1.82) is 0 Å². The van der Waals surface area contributed by atoms with Crippen LogP contribution in [0.1, 0.15) is 47.4 Å². The molecule has 1 aliphatic rings. The van der Waals surface area contributed by atoms with Crippen LogP contribution in [0, 0.1) is 5.82 Å². The molecule has 0 saturated carbocycles. The van der Waals surface area contributed by atoms with Gasteiger partial charge in [0.05, 0.1) is 6.61 Å². The zero-order valence-corrected chi connectivity index (χ0v) is 15.2. The van der Waals surface area contributed by atoms with Crippen LogP contribution in [0.15, 0.2) is 47.4 Å². The smallest absolute Gasteiger partial charge is 0.163 e. The first-order valence-corrected chi connectivity index (χ1v) is 9.33. The van der Waals surface area contributed by atoms with Crippen molar-refractivity contribution in [2.45, 2.75) is 31.6 Å². The highest BCUT2D eigenvalue weighted by atomic mass is 32.2. The van der Waals surface area contributed by atoms with E-state index >= 15 is 0 Å². The molecular formula is C20H21FO3S. The second-order valence-electron chi connectivity index (χ2n) is 5.22. The monoisotopic (exact) mass is 360 g/mol. The van der Waals surface area contributed by atoms with Crippen molar-refractivity contribution < 1.29 is 18.7 Å². The first-order valence-electron chi connectivity index (χ1n) is 8.35. The lowest BCUT2D eigenvalue weighted by molar-refractivity contribution is 0.0917. The van der Waals surface area contributed by atoms with Gasteiger partial charge in [0.2, 0.25) is 0 Å². The number of halogens is 1. The molecule has 0 atom stereocenters. The van der Waals surface area contributed by atoms with E-state index in [1.165, 1.54) is 18.2 Å². The van der Waals surface area contributed by atoms with E-state index in [1.54, 1.807) is 30.0 Å². The number of ether oxygens (including phenoxy) is 1. The van der Waals surface area contributed by atoms with Crippen molar-refractivity contribution in [3.05, 3.63) is 59.4 Å². The topological polar surface area (TPSA) is 43.4 Å². The van der Waals surface area contributed by atoms with Gasteiger partial charge in [0, 0.05) is 34.6 Å². The first-order chi connectivity index (χ1) is 12.1. The molecule has 0 unspecified atom stereocenters. The lowest BCUT2D eigenvalue weighted by Crippen LogP contribution is -2.09. The van der Waals surface area contributed by atoms with Crippen molar-refractivity contribution in [2.24, 2.45) is 0 Å². The van der Waals surface area contributed by atoms with Crippen LogP contribution in [0.25, 0.3) is 0 Å². The number of hydrogen-bond donors (Lipinski definition) is 0.